The van der Waals surface area contributed by atoms with Crippen LogP contribution in [0.3, 0.4) is 0 Å². The molecule has 0 spiro atoms. The summed E-state index contributed by atoms with van der Waals surface area (Å²) in [4.78, 5) is 12.0. The molecule has 104 valence electrons. The SMILES string of the molecule is O=C(CS(=O)(=O)c1ccc(Br)cc1)c1ccc(F)cc1. The number of ketones is 1. The smallest absolute Gasteiger partial charge is 0.185 e. The van der Waals surface area contributed by atoms with Gasteiger partial charge in [-0.05, 0) is 48.5 Å². The maximum Gasteiger partial charge on any atom is 0.185 e. The van der Waals surface area contributed by atoms with Crippen molar-refractivity contribution in [2.75, 3.05) is 5.75 Å². The zero-order valence-corrected chi connectivity index (χ0v) is 12.6. The maximum absolute atomic E-state index is 12.8. The van der Waals surface area contributed by atoms with Crippen molar-refractivity contribution < 1.29 is 17.6 Å². The van der Waals surface area contributed by atoms with Gasteiger partial charge in [0.15, 0.2) is 15.6 Å². The average molecular weight is 357 g/mol. The van der Waals surface area contributed by atoms with E-state index in [0.29, 0.717) is 0 Å². The molecule has 0 atom stereocenters. The lowest BCUT2D eigenvalue weighted by Gasteiger charge is -2.04. The first-order valence-electron chi connectivity index (χ1n) is 5.65. The standard InChI is InChI=1S/C14H10BrFO3S/c15-11-3-7-13(8-4-11)20(18,19)9-14(17)10-1-5-12(16)6-2-10/h1-8H,9H2. The van der Waals surface area contributed by atoms with E-state index >= 15 is 0 Å². The molecule has 0 amide bonds. The molecule has 0 unspecified atom stereocenters. The molecule has 2 aromatic rings. The summed E-state index contributed by atoms with van der Waals surface area (Å²) in [6.45, 7) is 0. The monoisotopic (exact) mass is 356 g/mol. The van der Waals surface area contributed by atoms with Crippen molar-refractivity contribution >= 4 is 31.6 Å². The maximum atomic E-state index is 12.8. The van der Waals surface area contributed by atoms with Gasteiger partial charge in [0.25, 0.3) is 0 Å². The van der Waals surface area contributed by atoms with Crippen LogP contribution in [0.15, 0.2) is 57.9 Å². The molecule has 20 heavy (non-hydrogen) atoms. The molecule has 0 bridgehead atoms. The van der Waals surface area contributed by atoms with E-state index in [1.807, 2.05) is 0 Å². The van der Waals surface area contributed by atoms with Crippen LogP contribution in [-0.4, -0.2) is 20.0 Å². The Bertz CT molecular complexity index is 722. The first-order chi connectivity index (χ1) is 9.38. The second-order valence-corrected chi connectivity index (χ2v) is 7.05. The third kappa shape index (κ3) is 3.52. The number of benzene rings is 2. The Morgan fingerprint density at radius 1 is 1.00 bits per heavy atom. The summed E-state index contributed by atoms with van der Waals surface area (Å²) < 4.78 is 37.7. The molecule has 0 saturated heterocycles. The molecule has 2 aromatic carbocycles. The van der Waals surface area contributed by atoms with Crippen LogP contribution < -0.4 is 0 Å². The molecule has 0 radical (unpaired) electrons. The van der Waals surface area contributed by atoms with Crippen LogP contribution in [0.1, 0.15) is 10.4 Å². The summed E-state index contributed by atoms with van der Waals surface area (Å²) in [5.74, 6) is -1.68. The highest BCUT2D eigenvalue weighted by Crippen LogP contribution is 2.17. The summed E-state index contributed by atoms with van der Waals surface area (Å²) in [5, 5.41) is 0. The normalized spacial score (nSPS) is 11.3. The Balaban J connectivity index is 2.22. The zero-order valence-electron chi connectivity index (χ0n) is 10.2. The van der Waals surface area contributed by atoms with Crippen molar-refractivity contribution in [1.82, 2.24) is 0 Å². The number of halogens is 2. The lowest BCUT2D eigenvalue weighted by Crippen LogP contribution is -2.16. The molecule has 0 aliphatic rings. The van der Waals surface area contributed by atoms with E-state index in [1.165, 1.54) is 24.3 Å². The lowest BCUT2D eigenvalue weighted by atomic mass is 10.1. The summed E-state index contributed by atoms with van der Waals surface area (Å²) in [6.07, 6.45) is 0. The zero-order chi connectivity index (χ0) is 14.8. The van der Waals surface area contributed by atoms with Crippen molar-refractivity contribution in [3.8, 4) is 0 Å². The number of carbonyl (C=O) groups excluding carboxylic acids is 1. The van der Waals surface area contributed by atoms with Gasteiger partial charge >= 0.3 is 0 Å². The largest absolute Gasteiger partial charge is 0.293 e. The molecule has 0 aliphatic carbocycles. The number of hydrogen-bond donors (Lipinski definition) is 0. The van der Waals surface area contributed by atoms with E-state index in [2.05, 4.69) is 15.9 Å². The van der Waals surface area contributed by atoms with Gasteiger partial charge in [-0.1, -0.05) is 15.9 Å². The van der Waals surface area contributed by atoms with Crippen LogP contribution in [0.4, 0.5) is 4.39 Å². The first kappa shape index (κ1) is 14.9. The van der Waals surface area contributed by atoms with E-state index in [0.717, 1.165) is 16.6 Å². The minimum atomic E-state index is -3.70. The minimum Gasteiger partial charge on any atom is -0.293 e. The summed E-state index contributed by atoms with van der Waals surface area (Å²) in [7, 11) is -3.70. The Morgan fingerprint density at radius 2 is 1.55 bits per heavy atom. The molecule has 2 rings (SSSR count). The fourth-order valence-electron chi connectivity index (χ4n) is 1.62. The van der Waals surface area contributed by atoms with E-state index in [9.17, 15) is 17.6 Å². The van der Waals surface area contributed by atoms with E-state index in [1.54, 1.807) is 12.1 Å². The van der Waals surface area contributed by atoms with Gasteiger partial charge in [0.05, 0.1) is 4.90 Å². The third-order valence-corrected chi connectivity index (χ3v) is 4.82. The minimum absolute atomic E-state index is 0.0798. The molecule has 0 fully saturated rings. The van der Waals surface area contributed by atoms with E-state index < -0.39 is 27.2 Å². The van der Waals surface area contributed by atoms with Gasteiger partial charge in [0.1, 0.15) is 11.6 Å². The third-order valence-electron chi connectivity index (χ3n) is 2.66. The van der Waals surface area contributed by atoms with Gasteiger partial charge in [-0.2, -0.15) is 0 Å². The lowest BCUT2D eigenvalue weighted by molar-refractivity contribution is 0.102. The van der Waals surface area contributed by atoms with Gasteiger partial charge in [0, 0.05) is 10.0 Å². The Morgan fingerprint density at radius 3 is 2.10 bits per heavy atom. The van der Waals surface area contributed by atoms with Crippen LogP contribution in [-0.2, 0) is 9.84 Å². The predicted molar refractivity (Wildman–Crippen MR) is 76.9 cm³/mol. The van der Waals surface area contributed by atoms with Gasteiger partial charge in [0.2, 0.25) is 0 Å². The van der Waals surface area contributed by atoms with Crippen molar-refractivity contribution in [3.05, 3.63) is 64.4 Å². The predicted octanol–water partition coefficient (Wildman–Crippen LogP) is 3.24. The van der Waals surface area contributed by atoms with Gasteiger partial charge in [-0.15, -0.1) is 0 Å². The molecule has 0 saturated carbocycles. The molecular weight excluding hydrogens is 347 g/mol. The number of hydrogen-bond acceptors (Lipinski definition) is 3. The summed E-state index contributed by atoms with van der Waals surface area (Å²) >= 11 is 3.21. The van der Waals surface area contributed by atoms with Crippen LogP contribution >= 0.6 is 15.9 Å². The number of carbonyl (C=O) groups is 1. The molecule has 0 aromatic heterocycles. The summed E-state index contributed by atoms with van der Waals surface area (Å²) in [5.41, 5.74) is 0.173. The van der Waals surface area contributed by atoms with Gasteiger partial charge < -0.3 is 0 Å². The molecular formula is C14H10BrFO3S. The molecule has 0 N–H and O–H groups in total. The van der Waals surface area contributed by atoms with Crippen molar-refractivity contribution in [2.24, 2.45) is 0 Å². The molecule has 0 aliphatic heterocycles. The van der Waals surface area contributed by atoms with E-state index in [4.69, 9.17) is 0 Å². The van der Waals surface area contributed by atoms with Gasteiger partial charge in [-0.3, -0.25) is 4.79 Å². The Kier molecular flexibility index (Phi) is 4.35. The highest BCUT2D eigenvalue weighted by molar-refractivity contribution is 9.10. The average Bonchev–Trinajstić information content (AvgIpc) is 2.39. The van der Waals surface area contributed by atoms with Crippen LogP contribution in [0, 0.1) is 5.82 Å². The number of rotatable bonds is 4. The molecule has 0 heterocycles. The van der Waals surface area contributed by atoms with Crippen molar-refractivity contribution in [1.29, 1.82) is 0 Å². The van der Waals surface area contributed by atoms with Crippen LogP contribution in [0.5, 0.6) is 0 Å². The fourth-order valence-corrected chi connectivity index (χ4v) is 3.11. The fraction of sp³-hybridized carbons (Fsp3) is 0.0714. The van der Waals surface area contributed by atoms with E-state index in [-0.39, 0.29) is 10.5 Å². The summed E-state index contributed by atoms with van der Waals surface area (Å²) in [6, 6.07) is 10.8. The topological polar surface area (TPSA) is 51.2 Å². The second kappa shape index (κ2) is 5.85. The van der Waals surface area contributed by atoms with Crippen molar-refractivity contribution in [3.63, 3.8) is 0 Å². The number of sulfone groups is 1. The van der Waals surface area contributed by atoms with Crippen LogP contribution in [0.25, 0.3) is 0 Å². The highest BCUT2D eigenvalue weighted by atomic mass is 79.9. The van der Waals surface area contributed by atoms with Gasteiger partial charge in [-0.25, -0.2) is 12.8 Å². The number of Topliss-reactive ketones (excluding diaryl/α,β-unsaturated/α-hetero) is 1. The Hall–Kier alpha value is -1.53. The van der Waals surface area contributed by atoms with Crippen LogP contribution in [0.2, 0.25) is 0 Å². The second-order valence-electron chi connectivity index (χ2n) is 4.14. The van der Waals surface area contributed by atoms with Crippen molar-refractivity contribution in [2.45, 2.75) is 4.90 Å². The first-order valence-corrected chi connectivity index (χ1v) is 8.10. The Labute approximate surface area is 124 Å². The molecule has 3 nitrogen and oxygen atoms in total. The quantitative estimate of drug-likeness (QED) is 0.790. The molecule has 6 heteroatoms. The highest BCUT2D eigenvalue weighted by Gasteiger charge is 2.20.